The first-order chi connectivity index (χ1) is 7.94. The number of aromatic nitrogens is 1. The Labute approximate surface area is 102 Å². The van der Waals surface area contributed by atoms with Gasteiger partial charge in [0, 0.05) is 19.3 Å². The van der Waals surface area contributed by atoms with Gasteiger partial charge < -0.3 is 10.5 Å². The molecule has 0 fully saturated rings. The van der Waals surface area contributed by atoms with Crippen molar-refractivity contribution in [1.82, 2.24) is 4.98 Å². The van der Waals surface area contributed by atoms with Crippen molar-refractivity contribution in [3.05, 3.63) is 24.4 Å². The van der Waals surface area contributed by atoms with Gasteiger partial charge >= 0.3 is 6.09 Å². The van der Waals surface area contributed by atoms with Crippen LogP contribution in [0.2, 0.25) is 0 Å². The van der Waals surface area contributed by atoms with E-state index < -0.39 is 11.7 Å². The van der Waals surface area contributed by atoms with Crippen LogP contribution in [-0.4, -0.2) is 29.8 Å². The summed E-state index contributed by atoms with van der Waals surface area (Å²) in [5.41, 5.74) is 4.96. The number of ether oxygens (including phenoxy) is 1. The number of amides is 1. The molecular weight excluding hydrogens is 218 g/mol. The number of nitrogens with two attached hydrogens (primary N) is 1. The fourth-order valence-corrected chi connectivity index (χ4v) is 1.26. The van der Waals surface area contributed by atoms with Gasteiger partial charge in [-0.1, -0.05) is 6.07 Å². The number of rotatable bonds is 3. The number of carbonyl (C=O) groups excluding carboxylic acids is 1. The summed E-state index contributed by atoms with van der Waals surface area (Å²) in [7, 11) is 0. The molecule has 0 aliphatic heterocycles. The number of anilines is 1. The van der Waals surface area contributed by atoms with Gasteiger partial charge in [-0.25, -0.2) is 9.78 Å². The van der Waals surface area contributed by atoms with E-state index in [1.165, 1.54) is 4.90 Å². The molecule has 2 N–H and O–H groups in total. The fourth-order valence-electron chi connectivity index (χ4n) is 1.26. The summed E-state index contributed by atoms with van der Waals surface area (Å²) in [5.74, 6) is 0.548. The second-order valence-corrected chi connectivity index (χ2v) is 4.61. The van der Waals surface area contributed by atoms with Crippen LogP contribution in [0.25, 0.3) is 0 Å². The van der Waals surface area contributed by atoms with Crippen molar-refractivity contribution in [2.24, 2.45) is 5.73 Å². The van der Waals surface area contributed by atoms with E-state index in [0.717, 1.165) is 0 Å². The summed E-state index contributed by atoms with van der Waals surface area (Å²) in [6.07, 6.45) is 1.20. The molecule has 0 bridgehead atoms. The van der Waals surface area contributed by atoms with Crippen LogP contribution in [0.15, 0.2) is 24.4 Å². The quantitative estimate of drug-likeness (QED) is 0.870. The van der Waals surface area contributed by atoms with Crippen LogP contribution in [0, 0.1) is 0 Å². The van der Waals surface area contributed by atoms with E-state index >= 15 is 0 Å². The molecule has 0 saturated carbocycles. The van der Waals surface area contributed by atoms with Crippen LogP contribution < -0.4 is 10.6 Å². The van der Waals surface area contributed by atoms with Gasteiger partial charge in [0.05, 0.1) is 0 Å². The van der Waals surface area contributed by atoms with Gasteiger partial charge in [-0.2, -0.15) is 0 Å². The highest BCUT2D eigenvalue weighted by atomic mass is 16.6. The molecule has 5 heteroatoms. The lowest BCUT2D eigenvalue weighted by Crippen LogP contribution is -2.40. The van der Waals surface area contributed by atoms with Crippen molar-refractivity contribution in [3.63, 3.8) is 0 Å². The molecule has 0 unspecified atom stereocenters. The molecule has 0 saturated heterocycles. The third kappa shape index (κ3) is 4.40. The third-order valence-corrected chi connectivity index (χ3v) is 1.89. The smallest absolute Gasteiger partial charge is 0.416 e. The van der Waals surface area contributed by atoms with Crippen molar-refractivity contribution in [2.45, 2.75) is 26.4 Å². The van der Waals surface area contributed by atoms with Crippen molar-refractivity contribution >= 4 is 11.9 Å². The topological polar surface area (TPSA) is 68.5 Å². The number of hydrogen-bond acceptors (Lipinski definition) is 4. The minimum absolute atomic E-state index is 0.357. The Kier molecular flexibility index (Phi) is 4.45. The van der Waals surface area contributed by atoms with E-state index in [1.54, 1.807) is 18.3 Å². The highest BCUT2D eigenvalue weighted by Gasteiger charge is 2.23. The standard InChI is InChI=1S/C12H19N3O2/c1-12(2,3)17-11(16)15(9-7-13)10-6-4-5-8-14-10/h4-6,8H,7,9,13H2,1-3H3. The van der Waals surface area contributed by atoms with Crippen LogP contribution in [0.3, 0.4) is 0 Å². The Morgan fingerprint density at radius 1 is 1.47 bits per heavy atom. The Hall–Kier alpha value is -1.62. The second kappa shape index (κ2) is 5.63. The highest BCUT2D eigenvalue weighted by Crippen LogP contribution is 2.15. The first-order valence-corrected chi connectivity index (χ1v) is 5.55. The normalized spacial score (nSPS) is 11.1. The minimum Gasteiger partial charge on any atom is -0.443 e. The van der Waals surface area contributed by atoms with E-state index in [4.69, 9.17) is 10.5 Å². The average molecular weight is 237 g/mol. The summed E-state index contributed by atoms with van der Waals surface area (Å²) in [4.78, 5) is 17.5. The predicted molar refractivity (Wildman–Crippen MR) is 66.9 cm³/mol. The Morgan fingerprint density at radius 2 is 2.18 bits per heavy atom. The molecular formula is C12H19N3O2. The van der Waals surface area contributed by atoms with Gasteiger partial charge in [0.2, 0.25) is 0 Å². The molecule has 0 radical (unpaired) electrons. The lowest BCUT2D eigenvalue weighted by molar-refractivity contribution is 0.0580. The van der Waals surface area contributed by atoms with E-state index in [9.17, 15) is 4.79 Å². The molecule has 0 spiro atoms. The van der Waals surface area contributed by atoms with E-state index in [-0.39, 0.29) is 0 Å². The molecule has 1 rings (SSSR count). The zero-order chi connectivity index (χ0) is 12.9. The largest absolute Gasteiger partial charge is 0.443 e. The van der Waals surface area contributed by atoms with Crippen molar-refractivity contribution in [1.29, 1.82) is 0 Å². The predicted octanol–water partition coefficient (Wildman–Crippen LogP) is 1.78. The van der Waals surface area contributed by atoms with Crippen LogP contribution in [-0.2, 0) is 4.74 Å². The zero-order valence-electron chi connectivity index (χ0n) is 10.5. The lowest BCUT2D eigenvalue weighted by atomic mass is 10.2. The first-order valence-electron chi connectivity index (χ1n) is 5.55. The van der Waals surface area contributed by atoms with Gasteiger partial charge in [-0.15, -0.1) is 0 Å². The maximum Gasteiger partial charge on any atom is 0.416 e. The van der Waals surface area contributed by atoms with E-state index in [2.05, 4.69) is 4.98 Å². The summed E-state index contributed by atoms with van der Waals surface area (Å²) in [6.45, 7) is 6.21. The van der Waals surface area contributed by atoms with Crippen molar-refractivity contribution < 1.29 is 9.53 Å². The summed E-state index contributed by atoms with van der Waals surface area (Å²) >= 11 is 0. The molecule has 5 nitrogen and oxygen atoms in total. The van der Waals surface area contributed by atoms with Crippen molar-refractivity contribution in [2.75, 3.05) is 18.0 Å². The fraction of sp³-hybridized carbons (Fsp3) is 0.500. The van der Waals surface area contributed by atoms with Crippen molar-refractivity contribution in [3.8, 4) is 0 Å². The van der Waals surface area contributed by atoms with Gasteiger partial charge in [0.1, 0.15) is 11.4 Å². The second-order valence-electron chi connectivity index (χ2n) is 4.61. The maximum absolute atomic E-state index is 12.0. The molecule has 17 heavy (non-hydrogen) atoms. The Bertz CT molecular complexity index is 360. The highest BCUT2D eigenvalue weighted by molar-refractivity contribution is 5.86. The van der Waals surface area contributed by atoms with Gasteiger partial charge in [0.15, 0.2) is 0 Å². The Morgan fingerprint density at radius 3 is 2.65 bits per heavy atom. The lowest BCUT2D eigenvalue weighted by Gasteiger charge is -2.26. The van der Waals surface area contributed by atoms with Gasteiger partial charge in [0.25, 0.3) is 0 Å². The molecule has 94 valence electrons. The average Bonchev–Trinajstić information content (AvgIpc) is 2.24. The molecule has 0 aliphatic carbocycles. The van der Waals surface area contributed by atoms with E-state index in [0.29, 0.717) is 18.9 Å². The SMILES string of the molecule is CC(C)(C)OC(=O)N(CCN)c1ccccn1. The molecule has 0 aliphatic rings. The molecule has 1 heterocycles. The van der Waals surface area contributed by atoms with Crippen LogP contribution in [0.1, 0.15) is 20.8 Å². The third-order valence-electron chi connectivity index (χ3n) is 1.89. The van der Waals surface area contributed by atoms with Crippen LogP contribution in [0.5, 0.6) is 0 Å². The summed E-state index contributed by atoms with van der Waals surface area (Å²) in [6, 6.07) is 5.36. The van der Waals surface area contributed by atoms with Gasteiger partial charge in [-0.05, 0) is 32.9 Å². The minimum atomic E-state index is -0.529. The molecule has 0 aromatic carbocycles. The van der Waals surface area contributed by atoms with Crippen LogP contribution >= 0.6 is 0 Å². The zero-order valence-corrected chi connectivity index (χ0v) is 10.5. The van der Waals surface area contributed by atoms with Gasteiger partial charge in [-0.3, -0.25) is 4.90 Å². The number of pyridine rings is 1. The summed E-state index contributed by atoms with van der Waals surface area (Å²) in [5, 5.41) is 0. The molecule has 0 atom stereocenters. The molecule has 1 amide bonds. The molecule has 1 aromatic heterocycles. The van der Waals surface area contributed by atoms with E-state index in [1.807, 2.05) is 26.8 Å². The number of hydrogen-bond donors (Lipinski definition) is 1. The molecule has 1 aromatic rings. The monoisotopic (exact) mass is 237 g/mol. The first kappa shape index (κ1) is 13.4. The maximum atomic E-state index is 12.0. The number of nitrogens with zero attached hydrogens (tertiary/aromatic N) is 2. The Balaban J connectivity index is 2.83. The summed E-state index contributed by atoms with van der Waals surface area (Å²) < 4.78 is 5.30. The number of carbonyl (C=O) groups is 1. The van der Waals surface area contributed by atoms with Crippen LogP contribution in [0.4, 0.5) is 10.6 Å².